The van der Waals surface area contributed by atoms with Crippen LogP contribution >= 0.6 is 0 Å². The molecule has 0 saturated carbocycles. The van der Waals surface area contributed by atoms with Gasteiger partial charge in [-0.2, -0.15) is 0 Å². The number of esters is 1. The monoisotopic (exact) mass is 409 g/mol. The quantitative estimate of drug-likeness (QED) is 0.432. The predicted molar refractivity (Wildman–Crippen MR) is 102 cm³/mol. The predicted octanol–water partition coefficient (Wildman–Crippen LogP) is 3.08. The van der Waals surface area contributed by atoms with E-state index in [1.165, 1.54) is 6.26 Å². The molecule has 4 rings (SSSR count). The van der Waals surface area contributed by atoms with E-state index in [0.717, 1.165) is 4.90 Å². The van der Waals surface area contributed by atoms with E-state index in [2.05, 4.69) is 10.2 Å². The summed E-state index contributed by atoms with van der Waals surface area (Å²) in [5.74, 6) is -1.06. The molecule has 9 heteroatoms. The summed E-state index contributed by atoms with van der Waals surface area (Å²) in [4.78, 5) is 39.4. The van der Waals surface area contributed by atoms with Gasteiger partial charge in [-0.1, -0.05) is 26.0 Å². The molecule has 1 aromatic carbocycles. The third kappa shape index (κ3) is 3.61. The van der Waals surface area contributed by atoms with Crippen molar-refractivity contribution in [3.05, 3.63) is 59.7 Å². The number of nitrogens with zero attached hydrogens (tertiary/aromatic N) is 3. The summed E-state index contributed by atoms with van der Waals surface area (Å²) in [7, 11) is 0. The highest BCUT2D eigenvalue weighted by molar-refractivity contribution is 6.22. The second-order valence-electron chi connectivity index (χ2n) is 7.26. The van der Waals surface area contributed by atoms with Crippen LogP contribution in [-0.2, 0) is 16.1 Å². The number of ether oxygens (including phenoxy) is 1. The normalized spacial score (nSPS) is 14.3. The molecule has 154 valence electrons. The number of rotatable bonds is 7. The minimum Gasteiger partial charge on any atom is -0.459 e. The van der Waals surface area contributed by atoms with Crippen LogP contribution < -0.4 is 0 Å². The topological polar surface area (TPSA) is 116 Å². The molecule has 2 amide bonds. The first-order valence-corrected chi connectivity index (χ1v) is 9.45. The van der Waals surface area contributed by atoms with Crippen molar-refractivity contribution in [2.75, 3.05) is 0 Å². The van der Waals surface area contributed by atoms with Crippen molar-refractivity contribution in [1.29, 1.82) is 0 Å². The van der Waals surface area contributed by atoms with Gasteiger partial charge in [0.25, 0.3) is 23.6 Å². The van der Waals surface area contributed by atoms with Gasteiger partial charge in [0.15, 0.2) is 12.4 Å². The Balaban J connectivity index is 1.50. The van der Waals surface area contributed by atoms with Crippen LogP contribution in [-0.4, -0.2) is 38.9 Å². The Morgan fingerprint density at radius 2 is 1.77 bits per heavy atom. The van der Waals surface area contributed by atoms with E-state index in [-0.39, 0.29) is 41.9 Å². The number of furan rings is 1. The van der Waals surface area contributed by atoms with Crippen molar-refractivity contribution in [3.8, 4) is 11.7 Å². The smallest absolute Gasteiger partial charge is 0.329 e. The Labute approximate surface area is 171 Å². The Morgan fingerprint density at radius 1 is 1.07 bits per heavy atom. The first-order valence-electron chi connectivity index (χ1n) is 9.45. The highest BCUT2D eigenvalue weighted by Crippen LogP contribution is 2.27. The summed E-state index contributed by atoms with van der Waals surface area (Å²) in [6, 6.07) is 8.78. The molecule has 9 nitrogen and oxygen atoms in total. The SMILES string of the molecule is CC(C)C[C@H](C(=O)OCc1nnc(-c2ccco2)o1)N1C(=O)c2ccccc2C1=O. The molecule has 0 aliphatic carbocycles. The summed E-state index contributed by atoms with van der Waals surface area (Å²) in [5, 5.41) is 7.66. The largest absolute Gasteiger partial charge is 0.459 e. The molecule has 0 radical (unpaired) electrons. The van der Waals surface area contributed by atoms with E-state index < -0.39 is 23.8 Å². The third-order valence-electron chi connectivity index (χ3n) is 4.64. The molecular weight excluding hydrogens is 390 g/mol. The fraction of sp³-hybridized carbons (Fsp3) is 0.286. The minimum absolute atomic E-state index is 0.0424. The van der Waals surface area contributed by atoms with Gasteiger partial charge in [0.05, 0.1) is 17.4 Å². The van der Waals surface area contributed by atoms with Crippen LogP contribution in [0.2, 0.25) is 0 Å². The molecule has 1 aliphatic rings. The van der Waals surface area contributed by atoms with Crippen LogP contribution in [0.25, 0.3) is 11.7 Å². The molecule has 0 N–H and O–H groups in total. The zero-order valence-corrected chi connectivity index (χ0v) is 16.4. The summed E-state index contributed by atoms with van der Waals surface area (Å²) in [6.45, 7) is 3.50. The second-order valence-corrected chi connectivity index (χ2v) is 7.26. The lowest BCUT2D eigenvalue weighted by molar-refractivity contribution is -0.151. The van der Waals surface area contributed by atoms with Gasteiger partial charge in [-0.15, -0.1) is 10.2 Å². The summed E-state index contributed by atoms with van der Waals surface area (Å²) in [6.07, 6.45) is 1.74. The van der Waals surface area contributed by atoms with E-state index in [0.29, 0.717) is 5.76 Å². The first kappa shape index (κ1) is 19.6. The van der Waals surface area contributed by atoms with Gasteiger partial charge < -0.3 is 13.6 Å². The molecule has 0 fully saturated rings. The lowest BCUT2D eigenvalue weighted by Crippen LogP contribution is -2.46. The molecule has 0 unspecified atom stereocenters. The summed E-state index contributed by atoms with van der Waals surface area (Å²) in [5.41, 5.74) is 0.563. The van der Waals surface area contributed by atoms with Crippen LogP contribution in [0.5, 0.6) is 0 Å². The zero-order valence-electron chi connectivity index (χ0n) is 16.4. The highest BCUT2D eigenvalue weighted by atomic mass is 16.5. The van der Waals surface area contributed by atoms with E-state index in [4.69, 9.17) is 13.6 Å². The van der Waals surface area contributed by atoms with Gasteiger partial charge in [0.1, 0.15) is 6.04 Å². The lowest BCUT2D eigenvalue weighted by atomic mass is 10.0. The molecule has 1 atom stereocenters. The van der Waals surface area contributed by atoms with Crippen LogP contribution in [0.1, 0.15) is 46.9 Å². The Bertz CT molecular complexity index is 1050. The fourth-order valence-corrected chi connectivity index (χ4v) is 3.29. The highest BCUT2D eigenvalue weighted by Gasteiger charge is 2.43. The maximum atomic E-state index is 12.8. The van der Waals surface area contributed by atoms with Crippen molar-refractivity contribution >= 4 is 17.8 Å². The van der Waals surface area contributed by atoms with E-state index in [1.54, 1.807) is 36.4 Å². The van der Waals surface area contributed by atoms with Gasteiger partial charge in [-0.25, -0.2) is 4.79 Å². The van der Waals surface area contributed by atoms with Crippen molar-refractivity contribution in [3.63, 3.8) is 0 Å². The van der Waals surface area contributed by atoms with E-state index >= 15 is 0 Å². The van der Waals surface area contributed by atoms with Crippen molar-refractivity contribution in [1.82, 2.24) is 15.1 Å². The van der Waals surface area contributed by atoms with Crippen molar-refractivity contribution in [2.45, 2.75) is 32.9 Å². The van der Waals surface area contributed by atoms with Crippen molar-refractivity contribution in [2.24, 2.45) is 5.92 Å². The van der Waals surface area contributed by atoms with Gasteiger partial charge in [0, 0.05) is 0 Å². The number of amides is 2. The average Bonchev–Trinajstić information content (AvgIpc) is 3.46. The molecular formula is C21H19N3O6. The summed E-state index contributed by atoms with van der Waals surface area (Å²) >= 11 is 0. The Morgan fingerprint density at radius 3 is 2.37 bits per heavy atom. The van der Waals surface area contributed by atoms with Crippen molar-refractivity contribution < 1.29 is 28.0 Å². The Kier molecular flexibility index (Phi) is 5.18. The molecule has 0 saturated heterocycles. The molecule has 2 aromatic heterocycles. The molecule has 0 spiro atoms. The number of carbonyl (C=O) groups is 3. The number of benzene rings is 1. The molecule has 30 heavy (non-hydrogen) atoms. The molecule has 3 heterocycles. The maximum absolute atomic E-state index is 12.8. The standard InChI is InChI=1S/C21H19N3O6/c1-12(2)10-15(24-19(25)13-6-3-4-7-14(13)20(24)26)21(27)29-11-17-22-23-18(30-17)16-8-5-9-28-16/h3-9,12,15H,10-11H2,1-2H3/t15-/m1/s1. The van der Waals surface area contributed by atoms with Gasteiger partial charge >= 0.3 is 5.97 Å². The Hall–Kier alpha value is -3.75. The number of fused-ring (bicyclic) bond motifs is 1. The lowest BCUT2D eigenvalue weighted by Gasteiger charge is -2.25. The van der Waals surface area contributed by atoms with E-state index in [9.17, 15) is 14.4 Å². The number of hydrogen-bond donors (Lipinski definition) is 0. The van der Waals surface area contributed by atoms with Crippen LogP contribution in [0.15, 0.2) is 51.5 Å². The molecule has 1 aliphatic heterocycles. The van der Waals surface area contributed by atoms with Crippen LogP contribution in [0.4, 0.5) is 0 Å². The van der Waals surface area contributed by atoms with Gasteiger partial charge in [0.2, 0.25) is 0 Å². The number of carbonyl (C=O) groups excluding carboxylic acids is 3. The third-order valence-corrected chi connectivity index (χ3v) is 4.64. The number of imide groups is 1. The molecule has 0 bridgehead atoms. The number of hydrogen-bond acceptors (Lipinski definition) is 8. The average molecular weight is 409 g/mol. The van der Waals surface area contributed by atoms with E-state index in [1.807, 2.05) is 13.8 Å². The fourth-order valence-electron chi connectivity index (χ4n) is 3.29. The minimum atomic E-state index is -1.05. The zero-order chi connectivity index (χ0) is 21.3. The summed E-state index contributed by atoms with van der Waals surface area (Å²) < 4.78 is 15.9. The number of aromatic nitrogens is 2. The van der Waals surface area contributed by atoms with Gasteiger partial charge in [-0.3, -0.25) is 14.5 Å². The second kappa shape index (κ2) is 7.94. The first-order chi connectivity index (χ1) is 14.5. The van der Waals surface area contributed by atoms with Crippen LogP contribution in [0, 0.1) is 5.92 Å². The molecule has 3 aromatic rings. The van der Waals surface area contributed by atoms with Gasteiger partial charge in [-0.05, 0) is 36.6 Å². The maximum Gasteiger partial charge on any atom is 0.329 e. The van der Waals surface area contributed by atoms with Crippen LogP contribution in [0.3, 0.4) is 0 Å².